The molecule has 0 N–H and O–H groups in total. The topological polar surface area (TPSA) is 3.24 Å². The highest BCUT2D eigenvalue weighted by Gasteiger charge is 2.47. The zero-order chi connectivity index (χ0) is 13.2. The van der Waals surface area contributed by atoms with Gasteiger partial charge in [-0.2, -0.15) is 13.2 Å². The first-order chi connectivity index (χ1) is 7.71. The number of rotatable bonds is 4. The van der Waals surface area contributed by atoms with Crippen molar-refractivity contribution in [3.05, 3.63) is 0 Å². The summed E-state index contributed by atoms with van der Waals surface area (Å²) in [7, 11) is 0. The summed E-state index contributed by atoms with van der Waals surface area (Å²) in [5.41, 5.74) is 0. The number of hydrogen-bond donors (Lipinski definition) is 0. The molecule has 1 heterocycles. The van der Waals surface area contributed by atoms with E-state index >= 15 is 0 Å². The Labute approximate surface area is 102 Å². The Kier molecular flexibility index (Phi) is 4.87. The van der Waals surface area contributed by atoms with E-state index in [1.54, 1.807) is 18.7 Å². The smallest absolute Gasteiger partial charge is 0.292 e. The molecule has 0 aromatic heterocycles. The Morgan fingerprint density at radius 1 is 1.18 bits per heavy atom. The van der Waals surface area contributed by atoms with Gasteiger partial charge in [-0.25, -0.2) is 0 Å². The van der Waals surface area contributed by atoms with Crippen molar-refractivity contribution in [2.45, 2.75) is 52.8 Å². The van der Waals surface area contributed by atoms with Crippen molar-refractivity contribution >= 4 is 0 Å². The van der Waals surface area contributed by atoms with E-state index in [9.17, 15) is 13.2 Å². The van der Waals surface area contributed by atoms with Crippen LogP contribution in [0.25, 0.3) is 0 Å². The molecule has 1 aliphatic heterocycles. The van der Waals surface area contributed by atoms with Crippen molar-refractivity contribution in [1.82, 2.24) is 4.90 Å². The predicted octanol–water partition coefficient (Wildman–Crippen LogP) is 3.94. The van der Waals surface area contributed by atoms with Crippen molar-refractivity contribution in [1.29, 1.82) is 0 Å². The molecule has 1 saturated heterocycles. The van der Waals surface area contributed by atoms with Gasteiger partial charge < -0.3 is 0 Å². The molecule has 0 aliphatic carbocycles. The number of alkyl halides is 3. The lowest BCUT2D eigenvalue weighted by molar-refractivity contribution is -0.192. The Balaban J connectivity index is 2.61. The van der Waals surface area contributed by atoms with Crippen LogP contribution in [0, 0.1) is 17.8 Å². The third-order valence-corrected chi connectivity index (χ3v) is 3.48. The van der Waals surface area contributed by atoms with E-state index in [1.807, 2.05) is 0 Å². The first kappa shape index (κ1) is 14.8. The minimum atomic E-state index is -4.10. The third-order valence-electron chi connectivity index (χ3n) is 3.48. The SMILES string of the molecule is CC(C)CC1CCN(C(C(C)C)C(F)(F)F)C1. The molecule has 0 aromatic rings. The molecular formula is C13H24F3N. The standard InChI is InChI=1S/C13H24F3N/c1-9(2)7-11-5-6-17(8-11)12(10(3)4)13(14,15)16/h9-12H,5-8H2,1-4H3. The van der Waals surface area contributed by atoms with Gasteiger partial charge in [-0.3, -0.25) is 4.90 Å². The van der Waals surface area contributed by atoms with Crippen LogP contribution in [0.15, 0.2) is 0 Å². The van der Waals surface area contributed by atoms with Crippen LogP contribution >= 0.6 is 0 Å². The average molecular weight is 251 g/mol. The molecule has 2 unspecified atom stereocenters. The van der Waals surface area contributed by atoms with Gasteiger partial charge in [0.05, 0.1) is 0 Å². The molecule has 0 aromatic carbocycles. The van der Waals surface area contributed by atoms with Gasteiger partial charge in [0.25, 0.3) is 0 Å². The van der Waals surface area contributed by atoms with Gasteiger partial charge >= 0.3 is 6.18 Å². The quantitative estimate of drug-likeness (QED) is 0.731. The second kappa shape index (κ2) is 5.59. The predicted molar refractivity (Wildman–Crippen MR) is 63.8 cm³/mol. The van der Waals surface area contributed by atoms with Crippen LogP contribution in [0.1, 0.15) is 40.5 Å². The van der Waals surface area contributed by atoms with E-state index < -0.39 is 12.2 Å². The molecule has 1 aliphatic rings. The van der Waals surface area contributed by atoms with E-state index in [0.29, 0.717) is 24.9 Å². The second-order valence-electron chi connectivity index (χ2n) is 6.01. The average Bonchev–Trinajstić information content (AvgIpc) is 2.47. The molecule has 0 spiro atoms. The molecule has 102 valence electrons. The van der Waals surface area contributed by atoms with Crippen LogP contribution in [0.2, 0.25) is 0 Å². The summed E-state index contributed by atoms with van der Waals surface area (Å²) in [6.45, 7) is 8.79. The maximum atomic E-state index is 13.0. The summed E-state index contributed by atoms with van der Waals surface area (Å²) in [4.78, 5) is 1.64. The first-order valence-electron chi connectivity index (χ1n) is 6.52. The molecule has 0 amide bonds. The minimum absolute atomic E-state index is 0.368. The van der Waals surface area contributed by atoms with Crippen molar-refractivity contribution in [3.8, 4) is 0 Å². The highest BCUT2D eigenvalue weighted by Crippen LogP contribution is 2.34. The zero-order valence-corrected chi connectivity index (χ0v) is 11.2. The molecule has 0 bridgehead atoms. The van der Waals surface area contributed by atoms with Gasteiger partial charge in [-0.05, 0) is 37.1 Å². The summed E-state index contributed by atoms with van der Waals surface area (Å²) in [6.07, 6.45) is -2.14. The van der Waals surface area contributed by atoms with Crippen LogP contribution in [-0.4, -0.2) is 30.2 Å². The van der Waals surface area contributed by atoms with Crippen LogP contribution in [0.3, 0.4) is 0 Å². The van der Waals surface area contributed by atoms with E-state index in [0.717, 1.165) is 12.8 Å². The summed E-state index contributed by atoms with van der Waals surface area (Å²) >= 11 is 0. The molecule has 1 fully saturated rings. The molecule has 2 atom stereocenters. The van der Waals surface area contributed by atoms with E-state index in [-0.39, 0.29) is 5.92 Å². The number of likely N-dealkylation sites (tertiary alicyclic amines) is 1. The van der Waals surface area contributed by atoms with Gasteiger partial charge in [-0.15, -0.1) is 0 Å². The van der Waals surface area contributed by atoms with Crippen LogP contribution in [0.4, 0.5) is 13.2 Å². The van der Waals surface area contributed by atoms with Gasteiger partial charge in [0.2, 0.25) is 0 Å². The normalized spacial score (nSPS) is 24.9. The number of nitrogens with zero attached hydrogens (tertiary/aromatic N) is 1. The van der Waals surface area contributed by atoms with Gasteiger partial charge in [0, 0.05) is 6.54 Å². The van der Waals surface area contributed by atoms with Gasteiger partial charge in [-0.1, -0.05) is 27.7 Å². The van der Waals surface area contributed by atoms with Gasteiger partial charge in [0.15, 0.2) is 0 Å². The summed E-state index contributed by atoms with van der Waals surface area (Å²) in [6, 6.07) is -1.26. The Bertz CT molecular complexity index is 235. The van der Waals surface area contributed by atoms with Crippen molar-refractivity contribution in [3.63, 3.8) is 0 Å². The summed E-state index contributed by atoms with van der Waals surface area (Å²) < 4.78 is 38.9. The first-order valence-corrected chi connectivity index (χ1v) is 6.52. The van der Waals surface area contributed by atoms with Crippen molar-refractivity contribution in [2.24, 2.45) is 17.8 Å². The zero-order valence-electron chi connectivity index (χ0n) is 11.2. The fraction of sp³-hybridized carbons (Fsp3) is 1.00. The summed E-state index contributed by atoms with van der Waals surface area (Å²) in [5.74, 6) is 0.648. The largest absolute Gasteiger partial charge is 0.404 e. The second-order valence-corrected chi connectivity index (χ2v) is 6.01. The third kappa shape index (κ3) is 4.16. The fourth-order valence-corrected chi connectivity index (χ4v) is 2.98. The lowest BCUT2D eigenvalue weighted by Gasteiger charge is -2.32. The lowest BCUT2D eigenvalue weighted by Crippen LogP contribution is -2.48. The van der Waals surface area contributed by atoms with Gasteiger partial charge in [0.1, 0.15) is 6.04 Å². The Hall–Kier alpha value is -0.250. The van der Waals surface area contributed by atoms with E-state index in [1.165, 1.54) is 0 Å². The molecular weight excluding hydrogens is 227 g/mol. The minimum Gasteiger partial charge on any atom is -0.292 e. The monoisotopic (exact) mass is 251 g/mol. The fourth-order valence-electron chi connectivity index (χ4n) is 2.98. The molecule has 4 heteroatoms. The maximum absolute atomic E-state index is 13.0. The lowest BCUT2D eigenvalue weighted by atomic mass is 9.96. The van der Waals surface area contributed by atoms with Crippen LogP contribution in [0.5, 0.6) is 0 Å². The highest BCUT2D eigenvalue weighted by molar-refractivity contribution is 4.87. The Morgan fingerprint density at radius 2 is 1.76 bits per heavy atom. The summed E-state index contributed by atoms with van der Waals surface area (Å²) in [5, 5.41) is 0. The van der Waals surface area contributed by atoms with Crippen molar-refractivity contribution in [2.75, 3.05) is 13.1 Å². The molecule has 17 heavy (non-hydrogen) atoms. The Morgan fingerprint density at radius 3 is 2.18 bits per heavy atom. The van der Waals surface area contributed by atoms with E-state index in [2.05, 4.69) is 13.8 Å². The van der Waals surface area contributed by atoms with Crippen molar-refractivity contribution < 1.29 is 13.2 Å². The highest BCUT2D eigenvalue weighted by atomic mass is 19.4. The van der Waals surface area contributed by atoms with E-state index in [4.69, 9.17) is 0 Å². The van der Waals surface area contributed by atoms with Crippen LogP contribution in [-0.2, 0) is 0 Å². The maximum Gasteiger partial charge on any atom is 0.404 e. The number of halogens is 3. The molecule has 1 rings (SSSR count). The molecule has 0 radical (unpaired) electrons. The number of hydrogen-bond acceptors (Lipinski definition) is 1. The molecule has 0 saturated carbocycles. The molecule has 1 nitrogen and oxygen atoms in total. The van der Waals surface area contributed by atoms with Crippen LogP contribution < -0.4 is 0 Å².